The van der Waals surface area contributed by atoms with Gasteiger partial charge >= 0.3 is 0 Å². The lowest BCUT2D eigenvalue weighted by Gasteiger charge is -2.24. The maximum Gasteiger partial charge on any atom is 0.159 e. The lowest BCUT2D eigenvalue weighted by Crippen LogP contribution is -2.22. The van der Waals surface area contributed by atoms with Gasteiger partial charge in [-0.3, -0.25) is 0 Å². The molecule has 2 aromatic rings. The molecule has 0 radical (unpaired) electrons. The van der Waals surface area contributed by atoms with Crippen LogP contribution in [0.2, 0.25) is 0 Å². The molecule has 1 atom stereocenters. The maximum absolute atomic E-state index is 9.53. The van der Waals surface area contributed by atoms with Crippen molar-refractivity contribution in [3.8, 4) is 17.1 Å². The molecule has 98 valence electrons. The first-order chi connectivity index (χ1) is 9.28. The van der Waals surface area contributed by atoms with Crippen LogP contribution in [-0.4, -0.2) is 22.1 Å². The van der Waals surface area contributed by atoms with E-state index in [4.69, 9.17) is 0 Å². The maximum atomic E-state index is 9.53. The summed E-state index contributed by atoms with van der Waals surface area (Å²) in [7, 11) is 1.98. The first kappa shape index (κ1) is 12.1. The quantitative estimate of drug-likeness (QED) is 0.865. The number of aromatic hydroxyl groups is 1. The first-order valence-corrected chi connectivity index (χ1v) is 6.60. The zero-order valence-corrected chi connectivity index (χ0v) is 10.9. The van der Waals surface area contributed by atoms with Gasteiger partial charge in [-0.15, -0.1) is 0 Å². The highest BCUT2D eigenvalue weighted by molar-refractivity contribution is 5.57. The second kappa shape index (κ2) is 4.97. The SMILES string of the molecule is CNC1CCCc2nc(-c3cccc(O)c3)ncc21. The summed E-state index contributed by atoms with van der Waals surface area (Å²) in [6, 6.07) is 7.44. The van der Waals surface area contributed by atoms with E-state index in [1.54, 1.807) is 12.1 Å². The first-order valence-electron chi connectivity index (χ1n) is 6.60. The van der Waals surface area contributed by atoms with Crippen molar-refractivity contribution in [1.29, 1.82) is 0 Å². The Balaban J connectivity index is 2.02. The van der Waals surface area contributed by atoms with Gasteiger partial charge in [-0.2, -0.15) is 0 Å². The van der Waals surface area contributed by atoms with Crippen LogP contribution in [0.4, 0.5) is 0 Å². The number of fused-ring (bicyclic) bond motifs is 1. The molecule has 1 unspecified atom stereocenters. The van der Waals surface area contributed by atoms with Crippen LogP contribution in [0.3, 0.4) is 0 Å². The van der Waals surface area contributed by atoms with Crippen molar-refractivity contribution < 1.29 is 5.11 Å². The molecule has 0 bridgehead atoms. The van der Waals surface area contributed by atoms with Crippen molar-refractivity contribution in [2.24, 2.45) is 0 Å². The van der Waals surface area contributed by atoms with Crippen molar-refractivity contribution in [2.75, 3.05) is 7.05 Å². The Labute approximate surface area is 112 Å². The van der Waals surface area contributed by atoms with E-state index in [1.807, 2.05) is 25.4 Å². The molecular weight excluding hydrogens is 238 g/mol. The van der Waals surface area contributed by atoms with Gasteiger partial charge in [0, 0.05) is 29.1 Å². The number of hydrogen-bond donors (Lipinski definition) is 2. The lowest BCUT2D eigenvalue weighted by atomic mass is 9.92. The Kier molecular flexibility index (Phi) is 3.17. The van der Waals surface area contributed by atoms with Crippen LogP contribution in [0.5, 0.6) is 5.75 Å². The number of nitrogens with one attached hydrogen (secondary N) is 1. The Hall–Kier alpha value is -1.94. The van der Waals surface area contributed by atoms with Crippen LogP contribution < -0.4 is 5.32 Å². The molecule has 0 fully saturated rings. The van der Waals surface area contributed by atoms with Crippen molar-refractivity contribution in [2.45, 2.75) is 25.3 Å². The standard InChI is InChI=1S/C15H17N3O/c1-16-13-6-3-7-14-12(13)9-17-15(18-14)10-4-2-5-11(19)8-10/h2,4-5,8-9,13,16,19H,3,6-7H2,1H3. The number of aryl methyl sites for hydroxylation is 1. The number of phenolic OH excluding ortho intramolecular Hbond substituents is 1. The fraction of sp³-hybridized carbons (Fsp3) is 0.333. The summed E-state index contributed by atoms with van der Waals surface area (Å²) in [6.45, 7) is 0. The van der Waals surface area contributed by atoms with E-state index < -0.39 is 0 Å². The Morgan fingerprint density at radius 3 is 3.05 bits per heavy atom. The smallest absolute Gasteiger partial charge is 0.159 e. The van der Waals surface area contributed by atoms with Gasteiger partial charge in [0.05, 0.1) is 0 Å². The molecule has 1 heterocycles. The normalized spacial score (nSPS) is 18.1. The van der Waals surface area contributed by atoms with Gasteiger partial charge in [0.25, 0.3) is 0 Å². The van der Waals surface area contributed by atoms with Gasteiger partial charge in [0.15, 0.2) is 5.82 Å². The molecule has 1 aromatic carbocycles. The Bertz CT molecular complexity index is 598. The summed E-state index contributed by atoms with van der Waals surface area (Å²) in [4.78, 5) is 9.10. The number of rotatable bonds is 2. The molecule has 1 aromatic heterocycles. The van der Waals surface area contributed by atoms with Crippen molar-refractivity contribution in [1.82, 2.24) is 15.3 Å². The average Bonchev–Trinajstić information content (AvgIpc) is 2.46. The second-order valence-corrected chi connectivity index (χ2v) is 4.88. The number of phenols is 1. The largest absolute Gasteiger partial charge is 0.508 e. The van der Waals surface area contributed by atoms with E-state index in [1.165, 1.54) is 5.56 Å². The van der Waals surface area contributed by atoms with Gasteiger partial charge < -0.3 is 10.4 Å². The summed E-state index contributed by atoms with van der Waals surface area (Å²) in [5, 5.41) is 12.8. The van der Waals surface area contributed by atoms with E-state index >= 15 is 0 Å². The molecule has 4 nitrogen and oxygen atoms in total. The molecule has 0 aliphatic heterocycles. The molecule has 2 N–H and O–H groups in total. The van der Waals surface area contributed by atoms with Crippen molar-refractivity contribution >= 4 is 0 Å². The van der Waals surface area contributed by atoms with Crippen LogP contribution in [-0.2, 0) is 6.42 Å². The van der Waals surface area contributed by atoms with Crippen LogP contribution >= 0.6 is 0 Å². The van der Waals surface area contributed by atoms with Gasteiger partial charge in [0.2, 0.25) is 0 Å². The zero-order chi connectivity index (χ0) is 13.2. The predicted octanol–water partition coefficient (Wildman–Crippen LogP) is 2.45. The third-order valence-electron chi connectivity index (χ3n) is 3.63. The van der Waals surface area contributed by atoms with Crippen LogP contribution in [0.25, 0.3) is 11.4 Å². The molecule has 1 aliphatic rings. The van der Waals surface area contributed by atoms with Crippen LogP contribution in [0.15, 0.2) is 30.5 Å². The average molecular weight is 255 g/mol. The third kappa shape index (κ3) is 2.31. The minimum absolute atomic E-state index is 0.243. The van der Waals surface area contributed by atoms with Gasteiger partial charge in [0.1, 0.15) is 5.75 Å². The Morgan fingerprint density at radius 2 is 2.26 bits per heavy atom. The monoisotopic (exact) mass is 255 g/mol. The molecule has 0 saturated carbocycles. The molecule has 0 amide bonds. The summed E-state index contributed by atoms with van der Waals surface area (Å²) < 4.78 is 0. The van der Waals surface area contributed by atoms with Crippen molar-refractivity contribution in [3.63, 3.8) is 0 Å². The van der Waals surface area contributed by atoms with Gasteiger partial charge in [-0.25, -0.2) is 9.97 Å². The fourth-order valence-electron chi connectivity index (χ4n) is 2.63. The molecule has 3 rings (SSSR count). The fourth-order valence-corrected chi connectivity index (χ4v) is 2.63. The van der Waals surface area contributed by atoms with Gasteiger partial charge in [-0.05, 0) is 38.4 Å². The number of aromatic nitrogens is 2. The van der Waals surface area contributed by atoms with Crippen molar-refractivity contribution in [3.05, 3.63) is 41.7 Å². The van der Waals surface area contributed by atoms with E-state index in [9.17, 15) is 5.11 Å². The minimum Gasteiger partial charge on any atom is -0.508 e. The molecule has 0 spiro atoms. The predicted molar refractivity (Wildman–Crippen MR) is 73.9 cm³/mol. The minimum atomic E-state index is 0.243. The summed E-state index contributed by atoms with van der Waals surface area (Å²) >= 11 is 0. The highest BCUT2D eigenvalue weighted by Gasteiger charge is 2.20. The molecule has 4 heteroatoms. The van der Waals surface area contributed by atoms with E-state index in [0.29, 0.717) is 11.9 Å². The molecule has 19 heavy (non-hydrogen) atoms. The van der Waals surface area contributed by atoms with E-state index in [0.717, 1.165) is 30.5 Å². The summed E-state index contributed by atoms with van der Waals surface area (Å²) in [6.07, 6.45) is 5.21. The summed E-state index contributed by atoms with van der Waals surface area (Å²) in [5.41, 5.74) is 3.19. The lowest BCUT2D eigenvalue weighted by molar-refractivity contribution is 0.475. The Morgan fingerprint density at radius 1 is 1.37 bits per heavy atom. The molecule has 1 aliphatic carbocycles. The summed E-state index contributed by atoms with van der Waals surface area (Å²) in [5.74, 6) is 0.929. The van der Waals surface area contributed by atoms with E-state index in [2.05, 4.69) is 15.3 Å². The third-order valence-corrected chi connectivity index (χ3v) is 3.63. The molecular formula is C15H17N3O. The molecule has 0 saturated heterocycles. The van der Waals surface area contributed by atoms with Crippen LogP contribution in [0, 0.1) is 0 Å². The number of hydrogen-bond acceptors (Lipinski definition) is 4. The number of benzene rings is 1. The second-order valence-electron chi connectivity index (χ2n) is 4.88. The van der Waals surface area contributed by atoms with Gasteiger partial charge in [-0.1, -0.05) is 12.1 Å². The number of nitrogens with zero attached hydrogens (tertiary/aromatic N) is 2. The topological polar surface area (TPSA) is 58.0 Å². The van der Waals surface area contributed by atoms with Crippen LogP contribution in [0.1, 0.15) is 30.1 Å². The highest BCUT2D eigenvalue weighted by Crippen LogP contribution is 2.29. The zero-order valence-electron chi connectivity index (χ0n) is 10.9. The highest BCUT2D eigenvalue weighted by atomic mass is 16.3. The van der Waals surface area contributed by atoms with E-state index in [-0.39, 0.29) is 5.75 Å².